The van der Waals surface area contributed by atoms with Crippen molar-refractivity contribution in [2.24, 2.45) is 0 Å². The second-order valence-electron chi connectivity index (χ2n) is 5.03. The molecule has 0 aliphatic heterocycles. The van der Waals surface area contributed by atoms with Gasteiger partial charge in [-0.15, -0.1) is 0 Å². The fraction of sp³-hybridized carbons (Fsp3) is 0.500. The van der Waals surface area contributed by atoms with Gasteiger partial charge in [0.2, 0.25) is 0 Å². The van der Waals surface area contributed by atoms with Crippen molar-refractivity contribution in [1.29, 1.82) is 0 Å². The average Bonchev–Trinajstić information content (AvgIpc) is 2.45. The third kappa shape index (κ3) is 3.24. The maximum Gasteiger partial charge on any atom is 0.254 e. The number of nitrogens with zero attached hydrogens (tertiary/aromatic N) is 1. The van der Waals surface area contributed by atoms with Gasteiger partial charge in [-0.05, 0) is 41.9 Å². The Bertz CT molecular complexity index is 477. The molecular weight excluding hydrogens is 326 g/mol. The monoisotopic (exact) mass is 345 g/mol. The van der Waals surface area contributed by atoms with E-state index in [0.717, 1.165) is 0 Å². The number of amides is 1. The quantitative estimate of drug-likeness (QED) is 0.889. The summed E-state index contributed by atoms with van der Waals surface area (Å²) in [6.07, 6.45) is 0. The smallest absolute Gasteiger partial charge is 0.254 e. The fourth-order valence-corrected chi connectivity index (χ4v) is 2.12. The molecule has 0 spiro atoms. The van der Waals surface area contributed by atoms with Gasteiger partial charge in [0.1, 0.15) is 16.0 Å². The normalized spacial score (nSPS) is 11.2. The molecule has 1 aromatic carbocycles. The zero-order valence-electron chi connectivity index (χ0n) is 12.4. The van der Waals surface area contributed by atoms with E-state index in [-0.39, 0.29) is 12.5 Å². The van der Waals surface area contributed by atoms with Crippen LogP contribution in [-0.4, -0.2) is 49.3 Å². The second-order valence-corrected chi connectivity index (χ2v) is 5.82. The van der Waals surface area contributed by atoms with Crippen molar-refractivity contribution in [2.75, 3.05) is 27.9 Å². The summed E-state index contributed by atoms with van der Waals surface area (Å²) in [5.74, 6) is 0.818. The van der Waals surface area contributed by atoms with Crippen LogP contribution >= 0.6 is 15.9 Å². The average molecular weight is 346 g/mol. The molecule has 0 saturated carbocycles. The fourth-order valence-electron chi connectivity index (χ4n) is 1.57. The van der Waals surface area contributed by atoms with Gasteiger partial charge in [0, 0.05) is 12.6 Å². The molecule has 0 atom stereocenters. The van der Waals surface area contributed by atoms with Crippen molar-refractivity contribution in [1.82, 2.24) is 4.90 Å². The highest BCUT2D eigenvalue weighted by Gasteiger charge is 2.28. The van der Waals surface area contributed by atoms with E-state index in [1.54, 1.807) is 33.0 Å². The summed E-state index contributed by atoms with van der Waals surface area (Å²) >= 11 is 3.36. The zero-order chi connectivity index (χ0) is 15.5. The Hall–Kier alpha value is -1.27. The summed E-state index contributed by atoms with van der Waals surface area (Å²) in [6.45, 7) is 3.45. The van der Waals surface area contributed by atoms with Gasteiger partial charge in [-0.2, -0.15) is 0 Å². The highest BCUT2D eigenvalue weighted by molar-refractivity contribution is 9.10. The van der Waals surface area contributed by atoms with E-state index in [1.807, 2.05) is 0 Å². The highest BCUT2D eigenvalue weighted by atomic mass is 79.9. The minimum Gasteiger partial charge on any atom is -0.495 e. The first-order valence-electron chi connectivity index (χ1n) is 6.09. The van der Waals surface area contributed by atoms with Crippen LogP contribution in [0.5, 0.6) is 11.5 Å². The summed E-state index contributed by atoms with van der Waals surface area (Å²) in [4.78, 5) is 14.0. The van der Waals surface area contributed by atoms with Crippen LogP contribution in [0.2, 0.25) is 0 Å². The summed E-state index contributed by atoms with van der Waals surface area (Å²) < 4.78 is 11.1. The number of carbonyl (C=O) groups excluding carboxylic acids is 1. The second kappa shape index (κ2) is 6.45. The van der Waals surface area contributed by atoms with E-state index in [0.29, 0.717) is 21.5 Å². The standard InChI is InChI=1S/C14H20BrNO4/c1-14(2,8-17)16(3)13(18)9-6-10(19-4)12(15)11(7-9)20-5/h6-7,17H,8H2,1-5H3. The van der Waals surface area contributed by atoms with Crippen LogP contribution in [0.4, 0.5) is 0 Å². The molecule has 1 N–H and O–H groups in total. The largest absolute Gasteiger partial charge is 0.495 e. The first-order valence-corrected chi connectivity index (χ1v) is 6.88. The Morgan fingerprint density at radius 3 is 2.10 bits per heavy atom. The Labute approximate surface area is 127 Å². The lowest BCUT2D eigenvalue weighted by atomic mass is 10.0. The molecular formula is C14H20BrNO4. The number of aliphatic hydroxyl groups excluding tert-OH is 1. The lowest BCUT2D eigenvalue weighted by Gasteiger charge is -2.34. The zero-order valence-corrected chi connectivity index (χ0v) is 13.9. The molecule has 20 heavy (non-hydrogen) atoms. The molecule has 1 rings (SSSR count). The number of carbonyl (C=O) groups is 1. The predicted octanol–water partition coefficient (Wildman–Crippen LogP) is 2.31. The molecule has 1 aromatic rings. The molecule has 0 aromatic heterocycles. The summed E-state index contributed by atoms with van der Waals surface area (Å²) in [6, 6.07) is 3.28. The number of hydrogen-bond acceptors (Lipinski definition) is 4. The van der Waals surface area contributed by atoms with Gasteiger partial charge in [0.25, 0.3) is 5.91 Å². The minimum absolute atomic E-state index is 0.125. The first kappa shape index (κ1) is 16.8. The number of rotatable bonds is 5. The van der Waals surface area contributed by atoms with Gasteiger partial charge in [0.05, 0.1) is 26.4 Å². The van der Waals surface area contributed by atoms with Crippen LogP contribution in [0.3, 0.4) is 0 Å². The number of ether oxygens (including phenoxy) is 2. The molecule has 0 fully saturated rings. The summed E-state index contributed by atoms with van der Waals surface area (Å²) in [7, 11) is 4.70. The molecule has 0 radical (unpaired) electrons. The van der Waals surface area contributed by atoms with Gasteiger partial charge in [-0.25, -0.2) is 0 Å². The maximum atomic E-state index is 12.5. The van der Waals surface area contributed by atoms with Gasteiger partial charge in [-0.1, -0.05) is 0 Å². The van der Waals surface area contributed by atoms with Crippen molar-refractivity contribution in [3.05, 3.63) is 22.2 Å². The number of halogens is 1. The summed E-state index contributed by atoms with van der Waals surface area (Å²) in [5.41, 5.74) is -0.212. The van der Waals surface area contributed by atoms with E-state index in [2.05, 4.69) is 15.9 Å². The predicted molar refractivity (Wildman–Crippen MR) is 80.5 cm³/mol. The molecule has 0 aliphatic carbocycles. The lowest BCUT2D eigenvalue weighted by molar-refractivity contribution is 0.0472. The molecule has 1 amide bonds. The number of benzene rings is 1. The van der Waals surface area contributed by atoms with Crippen molar-refractivity contribution in [3.63, 3.8) is 0 Å². The van der Waals surface area contributed by atoms with E-state index >= 15 is 0 Å². The van der Waals surface area contributed by atoms with Crippen molar-refractivity contribution < 1.29 is 19.4 Å². The van der Waals surface area contributed by atoms with Crippen LogP contribution in [0.15, 0.2) is 16.6 Å². The highest BCUT2D eigenvalue weighted by Crippen LogP contribution is 2.36. The third-order valence-electron chi connectivity index (χ3n) is 3.29. The number of likely N-dealkylation sites (N-methyl/N-ethyl adjacent to an activating group) is 1. The van der Waals surface area contributed by atoms with E-state index in [4.69, 9.17) is 9.47 Å². The molecule has 0 saturated heterocycles. The molecule has 0 heterocycles. The van der Waals surface area contributed by atoms with Gasteiger partial charge >= 0.3 is 0 Å². The van der Waals surface area contributed by atoms with Gasteiger partial charge < -0.3 is 19.5 Å². The minimum atomic E-state index is -0.648. The maximum absolute atomic E-state index is 12.5. The number of hydrogen-bond donors (Lipinski definition) is 1. The number of aliphatic hydroxyl groups is 1. The van der Waals surface area contributed by atoms with Gasteiger partial charge in [0.15, 0.2) is 0 Å². The van der Waals surface area contributed by atoms with Crippen LogP contribution in [0.1, 0.15) is 24.2 Å². The lowest BCUT2D eigenvalue weighted by Crippen LogP contribution is -2.47. The van der Waals surface area contributed by atoms with Crippen molar-refractivity contribution in [2.45, 2.75) is 19.4 Å². The van der Waals surface area contributed by atoms with Crippen LogP contribution in [0, 0.1) is 0 Å². The SMILES string of the molecule is COc1cc(C(=O)N(C)C(C)(C)CO)cc(OC)c1Br. The molecule has 112 valence electrons. The third-order valence-corrected chi connectivity index (χ3v) is 4.07. The molecule has 0 bridgehead atoms. The molecule has 5 nitrogen and oxygen atoms in total. The Morgan fingerprint density at radius 1 is 1.30 bits per heavy atom. The van der Waals surface area contributed by atoms with E-state index in [9.17, 15) is 9.90 Å². The van der Waals surface area contributed by atoms with E-state index < -0.39 is 5.54 Å². The Balaban J connectivity index is 3.23. The van der Waals surface area contributed by atoms with Crippen molar-refractivity contribution in [3.8, 4) is 11.5 Å². The first-order chi connectivity index (χ1) is 9.28. The van der Waals surface area contributed by atoms with Crippen LogP contribution in [-0.2, 0) is 0 Å². The number of methoxy groups -OCH3 is 2. The molecule has 6 heteroatoms. The van der Waals surface area contributed by atoms with Crippen LogP contribution < -0.4 is 9.47 Å². The molecule has 0 aliphatic rings. The van der Waals surface area contributed by atoms with E-state index in [1.165, 1.54) is 19.1 Å². The Kier molecular flexibility index (Phi) is 5.42. The van der Waals surface area contributed by atoms with Crippen molar-refractivity contribution >= 4 is 21.8 Å². The summed E-state index contributed by atoms with van der Waals surface area (Å²) in [5, 5.41) is 9.36. The van der Waals surface area contributed by atoms with Crippen LogP contribution in [0.25, 0.3) is 0 Å². The van der Waals surface area contributed by atoms with Gasteiger partial charge in [-0.3, -0.25) is 4.79 Å². The topological polar surface area (TPSA) is 59.0 Å². The molecule has 0 unspecified atom stereocenters. The Morgan fingerprint density at radius 2 is 1.75 bits per heavy atom.